The molecule has 2 aliphatic heterocycles. The summed E-state index contributed by atoms with van der Waals surface area (Å²) in [5.41, 5.74) is 7.09. The molecule has 2 fully saturated rings. The Morgan fingerprint density at radius 2 is 1.77 bits per heavy atom. The first-order valence-corrected chi connectivity index (χ1v) is 11.6. The lowest BCUT2D eigenvalue weighted by Crippen LogP contribution is -2.53. The number of hydrogen-bond donors (Lipinski definition) is 1. The monoisotopic (exact) mass is 491 g/mol. The summed E-state index contributed by atoms with van der Waals surface area (Å²) in [6.07, 6.45) is 3.98. The average molecular weight is 493 g/mol. The van der Waals surface area contributed by atoms with Crippen molar-refractivity contribution in [2.24, 2.45) is 5.73 Å². The molecule has 30 heavy (non-hydrogen) atoms. The Kier molecular flexibility index (Phi) is 6.93. The molecule has 160 valence electrons. The third-order valence-electron chi connectivity index (χ3n) is 6.11. The predicted molar refractivity (Wildman–Crippen MR) is 124 cm³/mol. The Morgan fingerprint density at radius 1 is 1.10 bits per heavy atom. The van der Waals surface area contributed by atoms with Gasteiger partial charge in [0, 0.05) is 50.0 Å². The van der Waals surface area contributed by atoms with E-state index >= 15 is 0 Å². The Labute approximate surface area is 191 Å². The number of halogens is 2. The zero-order chi connectivity index (χ0) is 21.1. The largest absolute Gasteiger partial charge is 0.366 e. The summed E-state index contributed by atoms with van der Waals surface area (Å²) in [7, 11) is 0. The number of pyridine rings is 1. The van der Waals surface area contributed by atoms with Crippen LogP contribution in [0, 0.1) is 0 Å². The normalized spacial score (nSPS) is 19.2. The number of rotatable bonds is 5. The van der Waals surface area contributed by atoms with Crippen LogP contribution < -0.4 is 10.6 Å². The molecule has 0 bridgehead atoms. The van der Waals surface area contributed by atoms with Gasteiger partial charge in [0.25, 0.3) is 0 Å². The lowest BCUT2D eigenvalue weighted by molar-refractivity contribution is 0.0995. The predicted octanol–water partition coefficient (Wildman–Crippen LogP) is 3.38. The molecule has 0 radical (unpaired) electrons. The molecule has 2 saturated heterocycles. The van der Waals surface area contributed by atoms with E-state index in [9.17, 15) is 4.79 Å². The van der Waals surface area contributed by atoms with Crippen LogP contribution in [-0.4, -0.2) is 66.0 Å². The van der Waals surface area contributed by atoms with Gasteiger partial charge in [-0.05, 0) is 65.6 Å². The fraction of sp³-hybridized carbons (Fsp3) is 0.455. The highest BCUT2D eigenvalue weighted by Gasteiger charge is 2.28. The van der Waals surface area contributed by atoms with Gasteiger partial charge in [-0.2, -0.15) is 0 Å². The molecule has 1 aromatic heterocycles. The van der Waals surface area contributed by atoms with E-state index in [4.69, 9.17) is 17.3 Å². The number of hydrogen-bond acceptors (Lipinski definition) is 5. The smallest absolute Gasteiger partial charge is 0.250 e. The van der Waals surface area contributed by atoms with E-state index in [1.165, 1.54) is 18.4 Å². The van der Waals surface area contributed by atoms with Crippen molar-refractivity contribution in [3.05, 3.63) is 57.2 Å². The average Bonchev–Trinajstić information content (AvgIpc) is 2.76. The number of carbonyl (C=O) groups excluding carboxylic acids is 1. The maximum Gasteiger partial charge on any atom is 0.250 e. The number of anilines is 1. The first kappa shape index (κ1) is 21.6. The van der Waals surface area contributed by atoms with E-state index in [0.717, 1.165) is 61.1 Å². The van der Waals surface area contributed by atoms with E-state index in [0.29, 0.717) is 11.6 Å². The van der Waals surface area contributed by atoms with Gasteiger partial charge in [-0.25, -0.2) is 4.98 Å². The molecule has 0 saturated carbocycles. The third kappa shape index (κ3) is 5.14. The number of piperidine rings is 1. The van der Waals surface area contributed by atoms with Crippen LogP contribution >= 0.6 is 27.5 Å². The van der Waals surface area contributed by atoms with Gasteiger partial charge in [-0.15, -0.1) is 0 Å². The molecule has 2 N–H and O–H groups in total. The van der Waals surface area contributed by atoms with E-state index in [2.05, 4.69) is 47.7 Å². The van der Waals surface area contributed by atoms with Crippen molar-refractivity contribution in [1.29, 1.82) is 0 Å². The fourth-order valence-corrected chi connectivity index (χ4v) is 5.11. The molecule has 6 nitrogen and oxygen atoms in total. The fourth-order valence-electron chi connectivity index (χ4n) is 4.39. The maximum atomic E-state index is 11.3. The molecular weight excluding hydrogens is 466 g/mol. The number of nitrogens with zero attached hydrogens (tertiary/aromatic N) is 4. The van der Waals surface area contributed by atoms with E-state index in [1.807, 2.05) is 12.1 Å². The summed E-state index contributed by atoms with van der Waals surface area (Å²) >= 11 is 9.53. The van der Waals surface area contributed by atoms with Gasteiger partial charge in [0.15, 0.2) is 0 Å². The number of aromatic nitrogens is 1. The Hall–Kier alpha value is -1.67. The highest BCUT2D eigenvalue weighted by molar-refractivity contribution is 9.10. The Bertz CT molecular complexity index is 878. The molecule has 0 atom stereocenters. The van der Waals surface area contributed by atoms with Crippen molar-refractivity contribution in [3.8, 4) is 0 Å². The van der Waals surface area contributed by atoms with Gasteiger partial charge in [0.2, 0.25) is 5.91 Å². The van der Waals surface area contributed by atoms with Crippen molar-refractivity contribution < 1.29 is 4.79 Å². The van der Waals surface area contributed by atoms with Crippen LogP contribution in [0.3, 0.4) is 0 Å². The molecule has 3 heterocycles. The van der Waals surface area contributed by atoms with Crippen LogP contribution in [0.2, 0.25) is 5.02 Å². The van der Waals surface area contributed by atoms with E-state index < -0.39 is 5.91 Å². The van der Waals surface area contributed by atoms with Crippen LogP contribution in [0.15, 0.2) is 41.0 Å². The molecule has 0 unspecified atom stereocenters. The lowest BCUT2D eigenvalue weighted by Gasteiger charge is -2.43. The van der Waals surface area contributed by atoms with Gasteiger partial charge in [0.1, 0.15) is 5.82 Å². The highest BCUT2D eigenvalue weighted by Crippen LogP contribution is 2.27. The summed E-state index contributed by atoms with van der Waals surface area (Å²) in [5, 5.41) is 0.794. The van der Waals surface area contributed by atoms with Crippen molar-refractivity contribution in [3.63, 3.8) is 0 Å². The third-order valence-corrected chi connectivity index (χ3v) is 6.95. The van der Waals surface area contributed by atoms with Crippen LogP contribution in [-0.2, 0) is 6.54 Å². The van der Waals surface area contributed by atoms with Crippen molar-refractivity contribution in [1.82, 2.24) is 14.8 Å². The maximum absolute atomic E-state index is 11.3. The minimum atomic E-state index is -0.457. The number of benzene rings is 1. The quantitative estimate of drug-likeness (QED) is 0.693. The first-order valence-electron chi connectivity index (χ1n) is 10.4. The Morgan fingerprint density at radius 3 is 2.37 bits per heavy atom. The molecule has 1 aromatic carbocycles. The Balaban J connectivity index is 1.26. The zero-order valence-electron chi connectivity index (χ0n) is 16.9. The summed E-state index contributed by atoms with van der Waals surface area (Å²) in [4.78, 5) is 23.2. The SMILES string of the molecule is NC(=O)c1cnc(N2CCN(C3CCN(Cc4ccc(Cl)cc4)CC3)CC2)c(Br)c1. The molecule has 0 aliphatic carbocycles. The molecule has 1 amide bonds. The second kappa shape index (κ2) is 9.64. The summed E-state index contributed by atoms with van der Waals surface area (Å²) in [6.45, 7) is 7.21. The minimum absolute atomic E-state index is 0.426. The van der Waals surface area contributed by atoms with Crippen molar-refractivity contribution in [2.75, 3.05) is 44.2 Å². The number of nitrogens with two attached hydrogens (primary N) is 1. The van der Waals surface area contributed by atoms with Gasteiger partial charge in [-0.3, -0.25) is 14.6 Å². The van der Waals surface area contributed by atoms with Crippen LogP contribution in [0.5, 0.6) is 0 Å². The van der Waals surface area contributed by atoms with Crippen molar-refractivity contribution >= 4 is 39.3 Å². The topological polar surface area (TPSA) is 65.7 Å². The molecule has 2 aliphatic rings. The zero-order valence-corrected chi connectivity index (χ0v) is 19.3. The molecule has 0 spiro atoms. The lowest BCUT2D eigenvalue weighted by atomic mass is 10.0. The van der Waals surface area contributed by atoms with Crippen molar-refractivity contribution in [2.45, 2.75) is 25.4 Å². The molecular formula is C22H27BrClN5O. The minimum Gasteiger partial charge on any atom is -0.366 e. The van der Waals surface area contributed by atoms with E-state index in [-0.39, 0.29) is 0 Å². The van der Waals surface area contributed by atoms with E-state index in [1.54, 1.807) is 12.3 Å². The van der Waals surface area contributed by atoms with Gasteiger partial charge < -0.3 is 10.6 Å². The van der Waals surface area contributed by atoms with Gasteiger partial charge in [-0.1, -0.05) is 23.7 Å². The second-order valence-corrected chi connectivity index (χ2v) is 9.34. The summed E-state index contributed by atoms with van der Waals surface area (Å²) in [5.74, 6) is 0.430. The standard InChI is InChI=1S/C22H27BrClN5O/c23-20-13-17(21(25)30)14-26-22(20)29-11-9-28(10-12-29)19-5-7-27(8-6-19)15-16-1-3-18(24)4-2-16/h1-4,13-14,19H,5-12,15H2,(H2,25,30). The van der Waals surface area contributed by atoms with Crippen LogP contribution in [0.25, 0.3) is 0 Å². The number of carbonyl (C=O) groups is 1. The summed E-state index contributed by atoms with van der Waals surface area (Å²) < 4.78 is 0.822. The number of likely N-dealkylation sites (tertiary alicyclic amines) is 1. The summed E-state index contributed by atoms with van der Waals surface area (Å²) in [6, 6.07) is 10.6. The van der Waals surface area contributed by atoms with Gasteiger partial charge in [0.05, 0.1) is 10.0 Å². The van der Waals surface area contributed by atoms with Crippen LogP contribution in [0.4, 0.5) is 5.82 Å². The number of piperazine rings is 1. The second-order valence-electron chi connectivity index (χ2n) is 8.05. The first-order chi connectivity index (χ1) is 14.5. The highest BCUT2D eigenvalue weighted by atomic mass is 79.9. The number of amides is 1. The molecule has 8 heteroatoms. The molecule has 4 rings (SSSR count). The van der Waals surface area contributed by atoms with Gasteiger partial charge >= 0.3 is 0 Å². The number of primary amides is 1. The van der Waals surface area contributed by atoms with Crippen LogP contribution in [0.1, 0.15) is 28.8 Å². The molecule has 2 aromatic rings.